The predicted octanol–water partition coefficient (Wildman–Crippen LogP) is 1.17. The van der Waals surface area contributed by atoms with Crippen molar-refractivity contribution in [3.8, 4) is 0 Å². The van der Waals surface area contributed by atoms with Gasteiger partial charge >= 0.3 is 0 Å². The summed E-state index contributed by atoms with van der Waals surface area (Å²) in [6.07, 6.45) is 1.12. The summed E-state index contributed by atoms with van der Waals surface area (Å²) in [6, 6.07) is 0.490. The van der Waals surface area contributed by atoms with Gasteiger partial charge in [-0.05, 0) is 0 Å². The zero-order valence-corrected chi connectivity index (χ0v) is 8.36. The van der Waals surface area contributed by atoms with Crippen LogP contribution >= 0.6 is 0 Å². The zero-order chi connectivity index (χ0) is 5.82. The number of morpholine rings is 1. The molecule has 0 aliphatic carbocycles. The van der Waals surface area contributed by atoms with Gasteiger partial charge in [-0.3, -0.25) is 0 Å². The standard InChI is InChI=1S/C6H12NO.Re/c1-2-6-5-8-4-3-7-6;/h6H,2-5H2,1H3;/q-1;. The van der Waals surface area contributed by atoms with Gasteiger partial charge in [0.15, 0.2) is 0 Å². The Morgan fingerprint density at radius 1 is 1.67 bits per heavy atom. The number of rotatable bonds is 1. The first kappa shape index (κ1) is 9.58. The third-order valence-electron chi connectivity index (χ3n) is 1.40. The number of hydrogen-bond acceptors (Lipinski definition) is 1. The minimum absolute atomic E-state index is 0. The molecule has 2 nitrogen and oxygen atoms in total. The van der Waals surface area contributed by atoms with E-state index in [2.05, 4.69) is 12.2 Å². The molecule has 0 amide bonds. The molecule has 0 saturated carbocycles. The Bertz CT molecular complexity index is 64.1. The van der Waals surface area contributed by atoms with E-state index in [4.69, 9.17) is 4.74 Å². The summed E-state index contributed by atoms with van der Waals surface area (Å²) < 4.78 is 5.18. The quantitative estimate of drug-likeness (QED) is 0.713. The Labute approximate surface area is 70.0 Å². The van der Waals surface area contributed by atoms with Crippen LogP contribution in [0.2, 0.25) is 0 Å². The maximum atomic E-state index is 5.18. The van der Waals surface area contributed by atoms with E-state index in [0.717, 1.165) is 26.2 Å². The van der Waals surface area contributed by atoms with Crippen molar-refractivity contribution in [1.29, 1.82) is 0 Å². The molecule has 0 aromatic heterocycles. The van der Waals surface area contributed by atoms with Gasteiger partial charge in [0.05, 0.1) is 0 Å². The molecule has 1 unspecified atom stereocenters. The largest absolute Gasteiger partial charge is 0.656 e. The first-order chi connectivity index (χ1) is 3.93. The van der Waals surface area contributed by atoms with E-state index in [1.807, 2.05) is 0 Å². The summed E-state index contributed by atoms with van der Waals surface area (Å²) in [6.45, 7) is 4.72. The molecule has 0 aromatic carbocycles. The molecule has 1 saturated heterocycles. The van der Waals surface area contributed by atoms with Crippen LogP contribution in [-0.4, -0.2) is 25.8 Å². The van der Waals surface area contributed by atoms with Crippen molar-refractivity contribution in [1.82, 2.24) is 0 Å². The van der Waals surface area contributed by atoms with Crippen LogP contribution in [0.5, 0.6) is 0 Å². The average Bonchev–Trinajstić information content (AvgIpc) is 1.90. The average molecular weight is 300 g/mol. The van der Waals surface area contributed by atoms with Gasteiger partial charge in [-0.25, -0.2) is 0 Å². The van der Waals surface area contributed by atoms with Gasteiger partial charge < -0.3 is 10.1 Å². The smallest absolute Gasteiger partial charge is 0.0305 e. The van der Waals surface area contributed by atoms with E-state index in [0.29, 0.717) is 6.04 Å². The second-order valence-corrected chi connectivity index (χ2v) is 2.04. The van der Waals surface area contributed by atoms with Crippen molar-refractivity contribution in [2.45, 2.75) is 19.4 Å². The molecule has 55 valence electrons. The number of ether oxygens (including phenoxy) is 1. The van der Waals surface area contributed by atoms with Gasteiger partial charge in [-0.1, -0.05) is 13.3 Å². The van der Waals surface area contributed by atoms with Crippen molar-refractivity contribution in [2.24, 2.45) is 0 Å². The predicted molar refractivity (Wildman–Crippen MR) is 33.1 cm³/mol. The van der Waals surface area contributed by atoms with Crippen LogP contribution < -0.4 is 0 Å². The summed E-state index contributed by atoms with van der Waals surface area (Å²) >= 11 is 0. The van der Waals surface area contributed by atoms with Gasteiger partial charge in [0.1, 0.15) is 0 Å². The summed E-state index contributed by atoms with van der Waals surface area (Å²) in [5.74, 6) is 0. The molecule has 1 fully saturated rings. The molecule has 1 atom stereocenters. The minimum atomic E-state index is 0. The van der Waals surface area contributed by atoms with Gasteiger partial charge in [0.25, 0.3) is 0 Å². The van der Waals surface area contributed by atoms with E-state index in [1.54, 1.807) is 0 Å². The van der Waals surface area contributed by atoms with E-state index >= 15 is 0 Å². The van der Waals surface area contributed by atoms with Crippen molar-refractivity contribution in [3.63, 3.8) is 0 Å². The van der Waals surface area contributed by atoms with Crippen LogP contribution in [0, 0.1) is 0 Å². The molecule has 1 radical (unpaired) electrons. The Morgan fingerprint density at radius 3 is 2.78 bits per heavy atom. The Kier molecular flexibility index (Phi) is 5.72. The van der Waals surface area contributed by atoms with Gasteiger partial charge in [0, 0.05) is 33.6 Å². The molecule has 0 aromatic rings. The molecule has 0 bridgehead atoms. The van der Waals surface area contributed by atoms with Gasteiger partial charge in [-0.2, -0.15) is 0 Å². The van der Waals surface area contributed by atoms with Crippen LogP contribution in [0.3, 0.4) is 0 Å². The monoisotopic (exact) mass is 301 g/mol. The summed E-state index contributed by atoms with van der Waals surface area (Å²) in [5, 5.41) is 4.32. The minimum Gasteiger partial charge on any atom is -0.656 e. The first-order valence-electron chi connectivity index (χ1n) is 3.18. The Hall–Kier alpha value is 0.582. The maximum absolute atomic E-state index is 5.18. The van der Waals surface area contributed by atoms with Crippen LogP contribution in [0.4, 0.5) is 0 Å². The molecule has 1 heterocycles. The molecule has 1 rings (SSSR count). The normalized spacial score (nSPS) is 27.0. The fourth-order valence-electron chi connectivity index (χ4n) is 0.819. The van der Waals surface area contributed by atoms with E-state index in [9.17, 15) is 0 Å². The van der Waals surface area contributed by atoms with E-state index in [1.165, 1.54) is 0 Å². The van der Waals surface area contributed by atoms with E-state index < -0.39 is 0 Å². The van der Waals surface area contributed by atoms with Gasteiger partial charge in [0.2, 0.25) is 0 Å². The van der Waals surface area contributed by atoms with E-state index in [-0.39, 0.29) is 20.4 Å². The number of hydrogen-bond donors (Lipinski definition) is 0. The first-order valence-corrected chi connectivity index (χ1v) is 3.18. The summed E-state index contributed by atoms with van der Waals surface area (Å²) in [5.41, 5.74) is 0. The third-order valence-corrected chi connectivity index (χ3v) is 1.40. The summed E-state index contributed by atoms with van der Waals surface area (Å²) in [7, 11) is 0. The SMILES string of the molecule is CCC1COCC[N-]1.[Re]. The molecule has 3 heteroatoms. The fraction of sp³-hybridized carbons (Fsp3) is 1.00. The Balaban J connectivity index is 0.000000640. The summed E-state index contributed by atoms with van der Waals surface area (Å²) in [4.78, 5) is 0. The van der Waals surface area contributed by atoms with Crippen LogP contribution in [0.15, 0.2) is 0 Å². The Morgan fingerprint density at radius 2 is 2.44 bits per heavy atom. The molecular weight excluding hydrogens is 288 g/mol. The molecule has 0 N–H and O–H groups in total. The second kappa shape index (κ2) is 5.37. The van der Waals surface area contributed by atoms with Crippen molar-refractivity contribution in [2.75, 3.05) is 19.8 Å². The molecule has 1 aliphatic rings. The molecular formula is C6H12NORe-. The van der Waals surface area contributed by atoms with Crippen molar-refractivity contribution in [3.05, 3.63) is 5.32 Å². The maximum Gasteiger partial charge on any atom is 0.0305 e. The molecule has 9 heavy (non-hydrogen) atoms. The third kappa shape index (κ3) is 3.32. The molecule has 0 spiro atoms. The van der Waals surface area contributed by atoms with Gasteiger partial charge in [-0.15, -0.1) is 12.6 Å². The van der Waals surface area contributed by atoms with Crippen LogP contribution in [0.25, 0.3) is 5.32 Å². The van der Waals surface area contributed by atoms with Crippen molar-refractivity contribution >= 4 is 0 Å². The topological polar surface area (TPSA) is 23.3 Å². The molecule has 1 aliphatic heterocycles. The second-order valence-electron chi connectivity index (χ2n) is 2.04. The van der Waals surface area contributed by atoms with Crippen LogP contribution in [0.1, 0.15) is 13.3 Å². The fourth-order valence-corrected chi connectivity index (χ4v) is 0.819. The van der Waals surface area contributed by atoms with Crippen molar-refractivity contribution < 1.29 is 25.2 Å². The number of nitrogens with zero attached hydrogens (tertiary/aromatic N) is 1. The zero-order valence-electron chi connectivity index (χ0n) is 5.64. The van der Waals surface area contributed by atoms with Crippen LogP contribution in [-0.2, 0) is 25.2 Å².